The predicted octanol–water partition coefficient (Wildman–Crippen LogP) is -5.94. The number of aromatic hydroxyl groups is 2. The number of phenols is 2. The zero-order valence-corrected chi connectivity index (χ0v) is 41.9. The van der Waals surface area contributed by atoms with Gasteiger partial charge in [0.15, 0.2) is 0 Å². The first-order valence-electron chi connectivity index (χ1n) is 15.8. The minimum atomic E-state index is -4.94. The number of rotatable bonds is 4. The van der Waals surface area contributed by atoms with Crippen LogP contribution in [0, 0.1) is 20.5 Å². The van der Waals surface area contributed by atoms with Crippen molar-refractivity contribution < 1.29 is 142 Å². The van der Waals surface area contributed by atoms with E-state index in [0.29, 0.717) is 92.1 Å². The quantitative estimate of drug-likeness (QED) is 0.180. The first kappa shape index (κ1) is 50.8. The van der Waals surface area contributed by atoms with Crippen molar-refractivity contribution in [1.29, 1.82) is 0 Å². The smallest absolute Gasteiger partial charge is 0.508 e. The Balaban J connectivity index is 0.00000108. The van der Waals surface area contributed by atoms with Crippen LogP contribution in [0.4, 0.5) is 0 Å². The van der Waals surface area contributed by atoms with Gasteiger partial charge in [-0.1, -0.05) is 12.1 Å². The Hall–Kier alpha value is -1.25. The van der Waals surface area contributed by atoms with Crippen LogP contribution in [0.5, 0.6) is 11.5 Å². The second-order valence-corrected chi connectivity index (χ2v) is 12.5. The van der Waals surface area contributed by atoms with Crippen LogP contribution >= 0.6 is 0 Å². The van der Waals surface area contributed by atoms with E-state index >= 15 is 0 Å². The molecule has 0 unspecified atom stereocenters. The minimum absolute atomic E-state index is 0. The molecule has 0 saturated carbocycles. The van der Waals surface area contributed by atoms with Gasteiger partial charge in [-0.3, -0.25) is 19.8 Å². The summed E-state index contributed by atoms with van der Waals surface area (Å²) in [6, 6.07) is 15.0. The summed E-state index contributed by atoms with van der Waals surface area (Å²) in [4.78, 5) is 13.5. The van der Waals surface area contributed by atoms with Crippen LogP contribution < -0.4 is 37.3 Å². The van der Waals surface area contributed by atoms with Crippen molar-refractivity contribution in [3.63, 3.8) is 0 Å². The molecule has 3 heterocycles. The molecule has 2 aromatic carbocycles. The van der Waals surface area contributed by atoms with E-state index < -0.39 is 20.5 Å². The number of nitrogens with zero attached hydrogens (tertiary/aromatic N) is 4. The van der Waals surface area contributed by atoms with Gasteiger partial charge in [0.1, 0.15) is 11.5 Å². The van der Waals surface area contributed by atoms with Crippen molar-refractivity contribution >= 4 is 21.8 Å². The second-order valence-electron chi connectivity index (χ2n) is 11.0. The maximum Gasteiger partial charge on any atom is 2.00 e. The van der Waals surface area contributed by atoms with Crippen LogP contribution in [0.1, 0.15) is 11.1 Å². The summed E-state index contributed by atoms with van der Waals surface area (Å²) in [6.45, 7) is 7.88. The van der Waals surface area contributed by atoms with Gasteiger partial charge in [0.2, 0.25) is 0 Å². The Kier molecular flexibility index (Phi) is 25.0. The molecule has 1 aliphatic rings. The molecule has 0 amide bonds. The number of hydrogen-bond acceptors (Lipinski definition) is 18. The average Bonchev–Trinajstić information content (AvgIpc) is 3.07. The summed E-state index contributed by atoms with van der Waals surface area (Å²) < 4.78 is 91.5. The topological polar surface area (TPSA) is 294 Å². The van der Waals surface area contributed by atoms with Gasteiger partial charge in [-0.25, -0.2) is 37.3 Å². The van der Waals surface area contributed by atoms with Crippen molar-refractivity contribution in [3.8, 4) is 11.5 Å². The fraction of sp³-hybridized carbons (Fsp3) is 0.438. The zero-order valence-electron chi connectivity index (χ0n) is 29.4. The van der Waals surface area contributed by atoms with Gasteiger partial charge in [0.05, 0.1) is 63.9 Å². The van der Waals surface area contributed by atoms with E-state index in [4.69, 9.17) is 56.2 Å². The Morgan fingerprint density at radius 3 is 1.09 bits per heavy atom. The van der Waals surface area contributed by atoms with Crippen molar-refractivity contribution in [3.05, 3.63) is 72.1 Å². The summed E-state index contributed by atoms with van der Waals surface area (Å²) in [5.41, 5.74) is 3.22. The first-order valence-corrected chi connectivity index (χ1v) is 18.3. The van der Waals surface area contributed by atoms with Gasteiger partial charge in [-0.15, -0.1) is 20.5 Å². The molecule has 0 bridgehead atoms. The van der Waals surface area contributed by atoms with Crippen molar-refractivity contribution in [1.82, 2.24) is 19.8 Å². The summed E-state index contributed by atoms with van der Waals surface area (Å²) >= 11 is 0. The van der Waals surface area contributed by atoms with Crippen LogP contribution in [0.3, 0.4) is 0 Å². The number of hydrogen-bond donors (Lipinski definition) is 2. The Labute approximate surface area is 357 Å². The Morgan fingerprint density at radius 1 is 0.500 bits per heavy atom. The molecule has 1 saturated heterocycles. The third-order valence-electron chi connectivity index (χ3n) is 7.42. The maximum absolute atomic E-state index is 10.6. The third-order valence-corrected chi connectivity index (χ3v) is 7.42. The molecule has 2 aromatic heterocycles. The molecule has 18 nitrogen and oxygen atoms in total. The van der Waals surface area contributed by atoms with E-state index in [1.165, 1.54) is 0 Å². The summed E-state index contributed by atoms with van der Waals surface area (Å²) in [6.07, 6.45) is 3.50. The number of benzene rings is 2. The molecule has 1 aliphatic heterocycles. The Bertz CT molecular complexity index is 1490. The van der Waals surface area contributed by atoms with E-state index in [0.717, 1.165) is 32.9 Å². The van der Waals surface area contributed by atoms with Crippen LogP contribution in [-0.4, -0.2) is 109 Å². The van der Waals surface area contributed by atoms with Crippen molar-refractivity contribution in [2.45, 2.75) is 13.1 Å². The van der Waals surface area contributed by atoms with E-state index in [1.807, 2.05) is 36.4 Å². The standard InChI is InChI=1S/C32H40N4O6.2ClHO4.2Hg/c37-29-7-5-25-3-1-9-33-31(25)27(29)23-35-11-15-39-19-21-41-17-13-36(14-18-42-22-20-40-16-12-35)24-28-30(38)8-6-26-4-2-10-34-32(26)28;2*2-1(3,4)5;;/h1-10,37-38H,11-24H2;2*(H,2,3,4,5);;/q;;;2*+2/p-2. The molecular formula is C32H40Cl2Hg2N4O14+2. The molecule has 4 aromatic rings. The summed E-state index contributed by atoms with van der Waals surface area (Å²) in [5, 5.41) is 23.2. The van der Waals surface area contributed by atoms with Crippen LogP contribution in [0.15, 0.2) is 60.9 Å². The molecule has 54 heavy (non-hydrogen) atoms. The predicted molar refractivity (Wildman–Crippen MR) is 161 cm³/mol. The molecule has 0 spiro atoms. The second kappa shape index (κ2) is 26.6. The molecule has 0 radical (unpaired) electrons. The largest absolute Gasteiger partial charge is 2.00 e. The molecule has 0 atom stereocenters. The Morgan fingerprint density at radius 2 is 0.796 bits per heavy atom. The zero-order chi connectivity index (χ0) is 38.0. The fourth-order valence-electron chi connectivity index (χ4n) is 5.11. The molecule has 288 valence electrons. The molecular weight excluding hydrogens is 1140 g/mol. The number of aromatic nitrogens is 2. The van der Waals surface area contributed by atoms with Crippen molar-refractivity contribution in [2.24, 2.45) is 0 Å². The summed E-state index contributed by atoms with van der Waals surface area (Å²) in [5.74, 6) is 0.482. The van der Waals surface area contributed by atoms with Gasteiger partial charge in [0, 0.05) is 73.6 Å². The molecule has 2 N–H and O–H groups in total. The van der Waals surface area contributed by atoms with Gasteiger partial charge in [-0.05, 0) is 36.4 Å². The van der Waals surface area contributed by atoms with E-state index in [9.17, 15) is 10.2 Å². The minimum Gasteiger partial charge on any atom is -0.508 e. The summed E-state index contributed by atoms with van der Waals surface area (Å²) in [7, 11) is -9.89. The SMILES string of the molecule is Oc1ccc2cccnc2c1CN1CCOCCOCCN(Cc2c(O)ccc3cccnc23)CCOCCOCC1.[Hg+2].[Hg+2].[O-][Cl+3]([O-])([O-])[O-].[O-][Cl+3]([O-])([O-])[O-]. The van der Waals surface area contributed by atoms with Gasteiger partial charge in [-0.2, -0.15) is 0 Å². The number of halogens is 2. The van der Waals surface area contributed by atoms with Crippen LogP contribution in [-0.2, 0) is 87.4 Å². The third kappa shape index (κ3) is 21.3. The molecule has 5 rings (SSSR count). The molecule has 1 fully saturated rings. The first-order chi connectivity index (χ1) is 24.7. The van der Waals surface area contributed by atoms with Gasteiger partial charge >= 0.3 is 55.3 Å². The number of fused-ring (bicyclic) bond motifs is 2. The van der Waals surface area contributed by atoms with E-state index in [2.05, 4.69) is 19.8 Å². The van der Waals surface area contributed by atoms with Gasteiger partial charge < -0.3 is 29.2 Å². The number of pyridine rings is 2. The van der Waals surface area contributed by atoms with E-state index in [1.54, 1.807) is 24.5 Å². The molecule has 0 aliphatic carbocycles. The fourth-order valence-corrected chi connectivity index (χ4v) is 5.11. The number of ether oxygens (including phenoxy) is 4. The van der Waals surface area contributed by atoms with Crippen molar-refractivity contribution in [2.75, 3.05) is 79.0 Å². The number of phenolic OH excluding ortho intramolecular Hbond substituents is 2. The average molecular weight is 1180 g/mol. The van der Waals surface area contributed by atoms with Crippen LogP contribution in [0.2, 0.25) is 0 Å². The molecule has 22 heteroatoms. The van der Waals surface area contributed by atoms with E-state index in [-0.39, 0.29) is 66.8 Å². The van der Waals surface area contributed by atoms with Crippen LogP contribution in [0.25, 0.3) is 21.8 Å². The monoisotopic (exact) mass is 1180 g/mol. The van der Waals surface area contributed by atoms with Gasteiger partial charge in [0.25, 0.3) is 0 Å². The maximum atomic E-state index is 10.6. The normalized spacial score (nSPS) is 16.3.